The fourth-order valence-electron chi connectivity index (χ4n) is 12.2. The van der Waals surface area contributed by atoms with E-state index in [1.54, 1.807) is 0 Å². The van der Waals surface area contributed by atoms with Gasteiger partial charge in [-0.25, -0.2) is 0 Å². The van der Waals surface area contributed by atoms with Crippen LogP contribution in [0.25, 0.3) is 11.1 Å². The zero-order chi connectivity index (χ0) is 91.4. The van der Waals surface area contributed by atoms with E-state index in [9.17, 15) is 19.2 Å². The van der Waals surface area contributed by atoms with Gasteiger partial charge in [0.15, 0.2) is 0 Å². The minimum Gasteiger partial charge on any atom is -0.338 e. The van der Waals surface area contributed by atoms with Crippen molar-refractivity contribution < 1.29 is 19.2 Å². The third-order valence-corrected chi connectivity index (χ3v) is 16.2. The van der Waals surface area contributed by atoms with Crippen molar-refractivity contribution in [1.82, 2.24) is 4.90 Å². The van der Waals surface area contributed by atoms with Crippen LogP contribution in [0.1, 0.15) is 451 Å². The van der Waals surface area contributed by atoms with Crippen LogP contribution in [0.3, 0.4) is 0 Å². The van der Waals surface area contributed by atoms with Gasteiger partial charge >= 0.3 is 0 Å². The molecular formula is C105H209N5O4. The maximum atomic E-state index is 13.7. The van der Waals surface area contributed by atoms with Gasteiger partial charge < -0.3 is 19.6 Å². The summed E-state index contributed by atoms with van der Waals surface area (Å²) in [5.74, 6) is 1.00. The van der Waals surface area contributed by atoms with E-state index in [1.165, 1.54) is 17.5 Å². The number of aryl methyl sites for hydroxylation is 1. The van der Waals surface area contributed by atoms with Crippen LogP contribution in [0, 0.1) is 33.5 Å². The Morgan fingerprint density at radius 2 is 0.596 bits per heavy atom. The van der Waals surface area contributed by atoms with Crippen LogP contribution in [-0.2, 0) is 25.6 Å². The summed E-state index contributed by atoms with van der Waals surface area (Å²) in [7, 11) is 0. The molecule has 4 heterocycles. The highest BCUT2D eigenvalue weighted by Crippen LogP contribution is 2.49. The number of aliphatic imine (C=N–C) groups is 1. The smallest absolute Gasteiger partial charge is 0.252 e. The second kappa shape index (κ2) is 73.8. The number of hydrogen-bond acceptors (Lipinski definition) is 5. The Hall–Kier alpha value is -5.57. The first-order valence-corrected chi connectivity index (χ1v) is 45.2. The average molecular weight is 1610 g/mol. The molecule has 0 aromatic heterocycles. The number of fused-ring (bicyclic) bond motifs is 5. The monoisotopic (exact) mass is 1600 g/mol. The zero-order valence-electron chi connectivity index (χ0n) is 85.2. The number of benzodiazepines with no additional fused rings is 1. The summed E-state index contributed by atoms with van der Waals surface area (Å²) in [6.45, 7) is 114. The molecule has 0 bridgehead atoms. The van der Waals surface area contributed by atoms with E-state index in [1.807, 2.05) is 272 Å². The molecule has 4 unspecified atom stereocenters. The third kappa shape index (κ3) is 47.1. The summed E-state index contributed by atoms with van der Waals surface area (Å²) in [6.07, 6.45) is 5.30. The van der Waals surface area contributed by atoms with Gasteiger partial charge in [0.05, 0.1) is 17.3 Å². The molecule has 8 rings (SSSR count). The molecule has 1 saturated heterocycles. The van der Waals surface area contributed by atoms with Crippen molar-refractivity contribution >= 4 is 46.4 Å². The molecule has 9 heteroatoms. The quantitative estimate of drug-likeness (QED) is 0.175. The summed E-state index contributed by atoms with van der Waals surface area (Å²) in [5.41, 5.74) is 8.73. The van der Waals surface area contributed by atoms with Crippen LogP contribution in [0.4, 0.5) is 17.1 Å². The molecule has 0 radical (unpaired) electrons. The molecular weight excluding hydrogens is 1400 g/mol. The van der Waals surface area contributed by atoms with Crippen molar-refractivity contribution in [1.29, 1.82) is 0 Å². The van der Waals surface area contributed by atoms with E-state index in [4.69, 9.17) is 4.99 Å². The molecule has 0 aliphatic carbocycles. The first-order valence-electron chi connectivity index (χ1n) is 45.2. The van der Waals surface area contributed by atoms with Crippen molar-refractivity contribution in [3.63, 3.8) is 0 Å². The number of anilines is 3. The van der Waals surface area contributed by atoms with Crippen LogP contribution in [0.2, 0.25) is 0 Å². The number of amides is 4. The summed E-state index contributed by atoms with van der Waals surface area (Å²) < 4.78 is 0. The molecule has 0 N–H and O–H groups in total. The standard InChI is InChI=1S/C22H27NO.C18H26N2O.C18H27NO.C14H27NO.15C2H6.3CH4/c1-21(2,3)19-17-13-8-7-11-15(17)16-12-9-10-14-18(16)23(20(19)24)22(4,5)6;1-12-13-10-8-9-11-14(13)20(18(5,6)7)16(21)15(19-12)17(2,3)4;1-17(2,3)14-12-11-13-9-7-8-10-15(13)19(16(14)20)18(4,5)6;1-13(2,3)11-9-7-8-10-15(12(11)16)14(4,5)6;15*1-2;;;/h7-14,19H,1-6H3;8-11,15H,1-7H3;7-10,14H,11-12H2,1-6H3;11H,7-10H2,1-6H3;15*1-2H3;3*1H4. The Morgan fingerprint density at radius 3 is 0.939 bits per heavy atom. The van der Waals surface area contributed by atoms with E-state index < -0.39 is 0 Å². The van der Waals surface area contributed by atoms with Gasteiger partial charge in [-0.2, -0.15) is 0 Å². The molecule has 0 spiro atoms. The van der Waals surface area contributed by atoms with Crippen LogP contribution in [-0.4, -0.2) is 69.0 Å². The van der Waals surface area contributed by atoms with Gasteiger partial charge in [0.25, 0.3) is 5.91 Å². The van der Waals surface area contributed by atoms with E-state index in [-0.39, 0.29) is 108 Å². The molecule has 4 amide bonds. The van der Waals surface area contributed by atoms with E-state index in [0.717, 1.165) is 71.7 Å². The van der Waals surface area contributed by atoms with Gasteiger partial charge in [0, 0.05) is 63.1 Å². The van der Waals surface area contributed by atoms with Crippen molar-refractivity contribution in [3.05, 3.63) is 114 Å². The zero-order valence-corrected chi connectivity index (χ0v) is 85.2. The van der Waals surface area contributed by atoms with Crippen molar-refractivity contribution in [2.24, 2.45) is 38.5 Å². The Balaban J connectivity index is -0.0000000872. The van der Waals surface area contributed by atoms with Gasteiger partial charge in [0.1, 0.15) is 6.04 Å². The summed E-state index contributed by atoms with van der Waals surface area (Å²) in [4.78, 5) is 65.3. The molecule has 4 aliphatic rings. The highest BCUT2D eigenvalue weighted by molar-refractivity contribution is 6.12. The Labute approximate surface area is 720 Å². The third-order valence-electron chi connectivity index (χ3n) is 16.2. The molecule has 0 saturated carbocycles. The number of para-hydroxylation sites is 3. The molecule has 4 aliphatic heterocycles. The second-order valence-electron chi connectivity index (χ2n) is 31.6. The number of carbonyl (C=O) groups excluding carboxylic acids is 4. The predicted molar refractivity (Wildman–Crippen MR) is 534 cm³/mol. The molecule has 9 nitrogen and oxygen atoms in total. The molecule has 4 aromatic rings. The first-order chi connectivity index (χ1) is 51.9. The number of hydrogen-bond donors (Lipinski definition) is 0. The second-order valence-corrected chi connectivity index (χ2v) is 31.6. The molecule has 4 atom stereocenters. The van der Waals surface area contributed by atoms with Crippen molar-refractivity contribution in [3.8, 4) is 11.1 Å². The van der Waals surface area contributed by atoms with Crippen LogP contribution < -0.4 is 14.7 Å². The fourth-order valence-corrected chi connectivity index (χ4v) is 12.2. The van der Waals surface area contributed by atoms with Crippen molar-refractivity contribution in [2.75, 3.05) is 21.2 Å². The van der Waals surface area contributed by atoms with Gasteiger partial charge in [-0.05, 0) is 172 Å². The van der Waals surface area contributed by atoms with Crippen LogP contribution in [0.15, 0.2) is 102 Å². The molecule has 678 valence electrons. The van der Waals surface area contributed by atoms with E-state index in [2.05, 4.69) is 226 Å². The maximum Gasteiger partial charge on any atom is 0.252 e. The fraction of sp³-hybridized carbons (Fsp3) is 0.724. The SMILES string of the molecule is C.C.C.CC.CC.CC.CC.CC.CC.CC.CC.CC.CC.CC.CC.CC.CC.CC.CC(C)(C)C1C(=O)N(C(C)(C)C)c2ccccc2-c2ccccc21.CC(C)(C)C1CCCCN(C(C)(C)C)C1=O.CC(C)(C)C1CCc2ccccc2N(C(C)(C)C)C1=O.CC1=NC(C(C)(C)C)C(=O)N(C(C)(C)C)c2ccccc21. The number of rotatable bonds is 0. The predicted octanol–water partition coefficient (Wildman–Crippen LogP) is 34.9. The van der Waals surface area contributed by atoms with E-state index in [0.29, 0.717) is 5.91 Å². The van der Waals surface area contributed by atoms with Gasteiger partial charge in [-0.3, -0.25) is 24.2 Å². The van der Waals surface area contributed by atoms with Gasteiger partial charge in [-0.1, -0.05) is 398 Å². The minimum absolute atomic E-state index is 0. The number of benzene rings is 4. The lowest BCUT2D eigenvalue weighted by molar-refractivity contribution is -0.143. The Bertz CT molecular complexity index is 2800. The van der Waals surface area contributed by atoms with Crippen LogP contribution in [0.5, 0.6) is 0 Å². The number of carbonyl (C=O) groups is 4. The number of likely N-dealkylation sites (tertiary alicyclic amines) is 1. The number of nitrogens with zero attached hydrogens (tertiary/aromatic N) is 5. The molecule has 4 aromatic carbocycles. The minimum atomic E-state index is -0.357. The van der Waals surface area contributed by atoms with Crippen molar-refractivity contribution in [2.45, 2.75) is 469 Å². The average Bonchev–Trinajstić information content (AvgIpc) is 1.60. The van der Waals surface area contributed by atoms with Crippen LogP contribution >= 0.6 is 0 Å². The Kier molecular flexibility index (Phi) is 90.8. The largest absolute Gasteiger partial charge is 0.338 e. The molecule has 114 heavy (non-hydrogen) atoms. The highest BCUT2D eigenvalue weighted by Gasteiger charge is 2.46. The topological polar surface area (TPSA) is 93.6 Å². The summed E-state index contributed by atoms with van der Waals surface area (Å²) in [6, 6.07) is 32.7. The van der Waals surface area contributed by atoms with E-state index >= 15 is 0 Å². The lowest BCUT2D eigenvalue weighted by Gasteiger charge is -2.40. The lowest BCUT2D eigenvalue weighted by atomic mass is 9.74. The van der Waals surface area contributed by atoms with Gasteiger partial charge in [0.2, 0.25) is 17.7 Å². The summed E-state index contributed by atoms with van der Waals surface area (Å²) in [5, 5.41) is 0. The van der Waals surface area contributed by atoms with Gasteiger partial charge in [-0.15, -0.1) is 0 Å². The lowest BCUT2D eigenvalue weighted by Crippen LogP contribution is -2.52. The Morgan fingerprint density at radius 1 is 0.298 bits per heavy atom. The normalized spacial score (nSPS) is 15.3. The molecule has 1 fully saturated rings. The highest BCUT2D eigenvalue weighted by atomic mass is 16.2. The summed E-state index contributed by atoms with van der Waals surface area (Å²) >= 11 is 0. The first kappa shape index (κ1) is 140. The maximum absolute atomic E-state index is 13.7.